The minimum absolute atomic E-state index is 0.0393. The van der Waals surface area contributed by atoms with Crippen LogP contribution in [0.4, 0.5) is 11.4 Å². The van der Waals surface area contributed by atoms with Crippen LogP contribution in [0.15, 0.2) is 47.3 Å². The number of aliphatic carboxylic acids is 1. The van der Waals surface area contributed by atoms with Crippen molar-refractivity contribution in [3.05, 3.63) is 48.4 Å². The number of carbonyl (C=O) groups excluding carboxylic acids is 2. The fraction of sp³-hybridized carbons (Fsp3) is 0.409. The van der Waals surface area contributed by atoms with Crippen molar-refractivity contribution in [1.82, 2.24) is 4.90 Å². The van der Waals surface area contributed by atoms with Gasteiger partial charge in [-0.3, -0.25) is 19.3 Å². The number of anilines is 2. The summed E-state index contributed by atoms with van der Waals surface area (Å²) in [5.74, 6) is -1.92. The molecule has 0 saturated heterocycles. The summed E-state index contributed by atoms with van der Waals surface area (Å²) in [7, 11) is 1.56. The molecule has 0 spiro atoms. The number of likely N-dealkylation sites (N-methyl/N-ethyl adjacent to an activating group) is 1. The third-order valence-corrected chi connectivity index (χ3v) is 4.63. The summed E-state index contributed by atoms with van der Waals surface area (Å²) in [4.78, 5) is 37.4. The molecule has 1 aromatic heterocycles. The molecule has 156 valence electrons. The number of ketones is 2. The molecule has 0 aliphatic carbocycles. The Morgan fingerprint density at radius 1 is 1.10 bits per heavy atom. The Labute approximate surface area is 170 Å². The first-order valence-corrected chi connectivity index (χ1v) is 9.64. The van der Waals surface area contributed by atoms with E-state index in [1.807, 2.05) is 44.2 Å². The summed E-state index contributed by atoms with van der Waals surface area (Å²) in [6.07, 6.45) is 3.92. The second-order valence-corrected chi connectivity index (χ2v) is 7.55. The molecule has 0 radical (unpaired) electrons. The fourth-order valence-electron chi connectivity index (χ4n) is 3.03. The molecule has 2 rings (SSSR count). The normalized spacial score (nSPS) is 12.2. The van der Waals surface area contributed by atoms with Gasteiger partial charge < -0.3 is 14.8 Å². The molecule has 1 atom stereocenters. The Morgan fingerprint density at radius 2 is 1.79 bits per heavy atom. The van der Waals surface area contributed by atoms with Crippen molar-refractivity contribution in [2.75, 3.05) is 18.9 Å². The van der Waals surface area contributed by atoms with Crippen molar-refractivity contribution >= 4 is 28.9 Å². The van der Waals surface area contributed by atoms with Gasteiger partial charge in [-0.05, 0) is 37.9 Å². The van der Waals surface area contributed by atoms with Gasteiger partial charge in [0.05, 0.1) is 18.5 Å². The highest BCUT2D eigenvalue weighted by atomic mass is 16.4. The Bertz CT molecular complexity index is 829. The highest BCUT2D eigenvalue weighted by molar-refractivity contribution is 6.38. The Balaban J connectivity index is 1.90. The molecule has 7 heteroatoms. The van der Waals surface area contributed by atoms with Gasteiger partial charge >= 0.3 is 5.97 Å². The molecule has 1 unspecified atom stereocenters. The number of nitrogens with one attached hydrogen (secondary N) is 1. The van der Waals surface area contributed by atoms with Crippen molar-refractivity contribution < 1.29 is 23.9 Å². The Kier molecular flexibility index (Phi) is 8.15. The molecule has 29 heavy (non-hydrogen) atoms. The van der Waals surface area contributed by atoms with Crippen molar-refractivity contribution in [3.63, 3.8) is 0 Å². The van der Waals surface area contributed by atoms with Crippen molar-refractivity contribution in [2.24, 2.45) is 5.92 Å². The van der Waals surface area contributed by atoms with Gasteiger partial charge in [0.25, 0.3) is 0 Å². The molecule has 1 aromatic carbocycles. The number of carbonyl (C=O) groups is 3. The largest absolute Gasteiger partial charge is 0.480 e. The maximum Gasteiger partial charge on any atom is 0.320 e. The highest BCUT2D eigenvalue weighted by Gasteiger charge is 2.27. The SMILES string of the molecule is CC(C)CC(C(=O)O)N(C)CC(=O)C(=O)CCc1cocc1Nc1ccccc1. The molecule has 2 N–H and O–H groups in total. The van der Waals surface area contributed by atoms with Crippen LogP contribution in [0.1, 0.15) is 32.3 Å². The Morgan fingerprint density at radius 3 is 2.41 bits per heavy atom. The van der Waals surface area contributed by atoms with Crippen molar-refractivity contribution in [1.29, 1.82) is 0 Å². The number of rotatable bonds is 12. The van der Waals surface area contributed by atoms with Crippen LogP contribution < -0.4 is 5.32 Å². The first-order chi connectivity index (χ1) is 13.8. The molecule has 1 heterocycles. The number of nitrogens with zero attached hydrogens (tertiary/aromatic N) is 1. The lowest BCUT2D eigenvalue weighted by molar-refractivity contribution is -0.145. The quantitative estimate of drug-likeness (QED) is 0.526. The zero-order valence-electron chi connectivity index (χ0n) is 17.1. The van der Waals surface area contributed by atoms with E-state index in [1.54, 1.807) is 19.6 Å². The van der Waals surface area contributed by atoms with E-state index in [-0.39, 0.29) is 18.9 Å². The van der Waals surface area contributed by atoms with E-state index in [4.69, 9.17) is 4.42 Å². The van der Waals surface area contributed by atoms with Crippen LogP contribution in [0.2, 0.25) is 0 Å². The van der Waals surface area contributed by atoms with Crippen LogP contribution in [-0.2, 0) is 20.8 Å². The van der Waals surface area contributed by atoms with E-state index in [2.05, 4.69) is 5.32 Å². The topological polar surface area (TPSA) is 99.9 Å². The maximum atomic E-state index is 12.3. The highest BCUT2D eigenvalue weighted by Crippen LogP contribution is 2.23. The number of carboxylic acids is 1. The van der Waals surface area contributed by atoms with Gasteiger partial charge in [0.15, 0.2) is 5.78 Å². The second-order valence-electron chi connectivity index (χ2n) is 7.55. The minimum Gasteiger partial charge on any atom is -0.480 e. The lowest BCUT2D eigenvalue weighted by Crippen LogP contribution is -2.43. The summed E-state index contributed by atoms with van der Waals surface area (Å²) in [5, 5.41) is 12.6. The van der Waals surface area contributed by atoms with Crippen molar-refractivity contribution in [2.45, 2.75) is 39.2 Å². The van der Waals surface area contributed by atoms with E-state index in [0.717, 1.165) is 16.9 Å². The monoisotopic (exact) mass is 400 g/mol. The van der Waals surface area contributed by atoms with Crippen LogP contribution in [0.5, 0.6) is 0 Å². The number of hydrogen-bond donors (Lipinski definition) is 2. The van der Waals surface area contributed by atoms with Gasteiger partial charge in [-0.2, -0.15) is 0 Å². The van der Waals surface area contributed by atoms with E-state index in [9.17, 15) is 19.5 Å². The van der Waals surface area contributed by atoms with Crippen molar-refractivity contribution in [3.8, 4) is 0 Å². The second kappa shape index (κ2) is 10.6. The van der Waals surface area contributed by atoms with E-state index in [0.29, 0.717) is 12.8 Å². The molecule has 0 aliphatic heterocycles. The number of furan rings is 1. The molecular formula is C22H28N2O5. The predicted octanol–water partition coefficient (Wildman–Crippen LogP) is 3.53. The third kappa shape index (κ3) is 6.87. The molecular weight excluding hydrogens is 372 g/mol. The first-order valence-electron chi connectivity index (χ1n) is 9.64. The zero-order chi connectivity index (χ0) is 21.4. The van der Waals surface area contributed by atoms with E-state index < -0.39 is 23.6 Å². The van der Waals surface area contributed by atoms with Crippen LogP contribution in [-0.4, -0.2) is 47.2 Å². The van der Waals surface area contributed by atoms with Gasteiger partial charge in [-0.15, -0.1) is 0 Å². The number of aryl methyl sites for hydroxylation is 1. The lowest BCUT2D eigenvalue weighted by atomic mass is 10.0. The number of hydrogen-bond acceptors (Lipinski definition) is 6. The van der Waals surface area contributed by atoms with Gasteiger partial charge in [-0.25, -0.2) is 0 Å². The first kappa shape index (κ1) is 22.4. The van der Waals surface area contributed by atoms with Gasteiger partial charge in [0.2, 0.25) is 5.78 Å². The summed E-state index contributed by atoms with van der Waals surface area (Å²) >= 11 is 0. The maximum absolute atomic E-state index is 12.3. The number of para-hydroxylation sites is 1. The standard InChI is InChI=1S/C22H28N2O5/c1-15(2)11-19(22(27)28)24(3)12-21(26)20(25)10-9-16-13-29-14-18(16)23-17-7-5-4-6-8-17/h4-8,13-15,19,23H,9-12H2,1-3H3,(H,27,28). The summed E-state index contributed by atoms with van der Waals surface area (Å²) in [6.45, 7) is 3.63. The smallest absolute Gasteiger partial charge is 0.320 e. The molecule has 0 fully saturated rings. The number of Topliss-reactive ketones (excluding diaryl/α,β-unsaturated/α-hetero) is 2. The molecule has 2 aromatic rings. The van der Waals surface area contributed by atoms with Gasteiger partial charge in [-0.1, -0.05) is 32.0 Å². The molecule has 7 nitrogen and oxygen atoms in total. The van der Waals surface area contributed by atoms with Crippen LogP contribution in [0.25, 0.3) is 0 Å². The molecule has 0 amide bonds. The van der Waals surface area contributed by atoms with E-state index in [1.165, 1.54) is 4.90 Å². The summed E-state index contributed by atoms with van der Waals surface area (Å²) in [6, 6.07) is 8.77. The lowest BCUT2D eigenvalue weighted by Gasteiger charge is -2.25. The van der Waals surface area contributed by atoms with Crippen LogP contribution in [0.3, 0.4) is 0 Å². The average Bonchev–Trinajstić information content (AvgIpc) is 3.11. The minimum atomic E-state index is -0.989. The molecule has 0 bridgehead atoms. The Hall–Kier alpha value is -2.93. The fourth-order valence-corrected chi connectivity index (χ4v) is 3.03. The van der Waals surface area contributed by atoms with Crippen LogP contribution in [0, 0.1) is 5.92 Å². The van der Waals surface area contributed by atoms with Crippen LogP contribution >= 0.6 is 0 Å². The number of carboxylic acid groups (broad SMARTS) is 1. The predicted molar refractivity (Wildman–Crippen MR) is 110 cm³/mol. The summed E-state index contributed by atoms with van der Waals surface area (Å²) < 4.78 is 5.24. The average molecular weight is 400 g/mol. The third-order valence-electron chi connectivity index (χ3n) is 4.63. The number of benzene rings is 1. The summed E-state index contributed by atoms with van der Waals surface area (Å²) in [5.41, 5.74) is 2.44. The molecule has 0 saturated carbocycles. The van der Waals surface area contributed by atoms with Gasteiger partial charge in [0.1, 0.15) is 12.3 Å². The molecule has 0 aliphatic rings. The van der Waals surface area contributed by atoms with E-state index >= 15 is 0 Å². The zero-order valence-corrected chi connectivity index (χ0v) is 17.1. The van der Waals surface area contributed by atoms with Gasteiger partial charge in [0, 0.05) is 17.7 Å².